The number of nitrogens with zero attached hydrogens (tertiary/aromatic N) is 1. The standard InChI is InChI=1S/C24H23BrClN3O3/c1-3-13(2)22-24(17-8-7-15(25)10-19(17)28-23(24)32)18(14-5-4-6-16(26)9-14)11-21(31)29(22)12-20(27)30/h4-10,18,22H,2-3,11-12H2,1H3,(H2,27,30)(H,28,32)/t18-,22+,24-/m0/s1. The minimum atomic E-state index is -1.18. The molecular formula is C24H23BrClN3O3. The maximum Gasteiger partial charge on any atom is 0.238 e. The van der Waals surface area contributed by atoms with Gasteiger partial charge in [0.2, 0.25) is 17.7 Å². The van der Waals surface area contributed by atoms with Crippen LogP contribution in [-0.4, -0.2) is 35.2 Å². The third-order valence-corrected chi connectivity index (χ3v) is 7.19. The molecule has 0 radical (unpaired) electrons. The second-order valence-electron chi connectivity index (χ2n) is 8.23. The fourth-order valence-electron chi connectivity index (χ4n) is 5.17. The quantitative estimate of drug-likeness (QED) is 0.585. The van der Waals surface area contributed by atoms with Gasteiger partial charge in [-0.1, -0.05) is 64.8 Å². The largest absolute Gasteiger partial charge is 0.368 e. The van der Waals surface area contributed by atoms with Crippen molar-refractivity contribution < 1.29 is 14.4 Å². The van der Waals surface area contributed by atoms with Crippen molar-refractivity contribution in [2.75, 3.05) is 11.9 Å². The summed E-state index contributed by atoms with van der Waals surface area (Å²) in [6.45, 7) is 5.85. The lowest BCUT2D eigenvalue weighted by Gasteiger charge is -2.51. The van der Waals surface area contributed by atoms with Gasteiger partial charge in [0.15, 0.2) is 0 Å². The number of benzene rings is 2. The molecule has 2 heterocycles. The summed E-state index contributed by atoms with van der Waals surface area (Å²) in [6.07, 6.45) is 0.556. The molecule has 4 rings (SSSR count). The first-order valence-corrected chi connectivity index (χ1v) is 11.5. The molecule has 1 fully saturated rings. The Balaban J connectivity index is 2.04. The van der Waals surface area contributed by atoms with E-state index >= 15 is 0 Å². The zero-order valence-corrected chi connectivity index (χ0v) is 19.9. The number of halogens is 2. The van der Waals surface area contributed by atoms with Crippen LogP contribution in [-0.2, 0) is 19.8 Å². The molecule has 0 unspecified atom stereocenters. The van der Waals surface area contributed by atoms with Crippen molar-refractivity contribution >= 4 is 50.9 Å². The van der Waals surface area contributed by atoms with Gasteiger partial charge < -0.3 is 16.0 Å². The van der Waals surface area contributed by atoms with Crippen molar-refractivity contribution in [3.63, 3.8) is 0 Å². The zero-order valence-electron chi connectivity index (χ0n) is 17.5. The molecule has 8 heteroatoms. The van der Waals surface area contributed by atoms with E-state index in [2.05, 4.69) is 27.8 Å². The Morgan fingerprint density at radius 1 is 1.31 bits per heavy atom. The number of likely N-dealkylation sites (tertiary alicyclic amines) is 1. The Bertz CT molecular complexity index is 1150. The Kier molecular flexibility index (Phi) is 5.90. The fourth-order valence-corrected chi connectivity index (χ4v) is 5.73. The number of carbonyl (C=O) groups is 3. The first-order valence-electron chi connectivity index (χ1n) is 10.3. The molecule has 3 amide bonds. The third-order valence-electron chi connectivity index (χ3n) is 6.46. The van der Waals surface area contributed by atoms with Crippen LogP contribution >= 0.6 is 27.5 Å². The molecule has 32 heavy (non-hydrogen) atoms. The van der Waals surface area contributed by atoms with Crippen LogP contribution in [0.2, 0.25) is 5.02 Å². The summed E-state index contributed by atoms with van der Waals surface area (Å²) in [6, 6.07) is 12.1. The van der Waals surface area contributed by atoms with Crippen molar-refractivity contribution in [3.8, 4) is 0 Å². The highest BCUT2D eigenvalue weighted by molar-refractivity contribution is 9.10. The predicted octanol–water partition coefficient (Wildman–Crippen LogP) is 4.13. The summed E-state index contributed by atoms with van der Waals surface area (Å²) in [5.41, 5.74) is 7.21. The molecule has 2 aromatic carbocycles. The number of rotatable bonds is 5. The highest BCUT2D eigenvalue weighted by Crippen LogP contribution is 2.56. The molecular weight excluding hydrogens is 494 g/mol. The van der Waals surface area contributed by atoms with Crippen LogP contribution in [0, 0.1) is 0 Å². The molecule has 6 nitrogen and oxygen atoms in total. The van der Waals surface area contributed by atoms with Gasteiger partial charge in [-0.15, -0.1) is 0 Å². The summed E-state index contributed by atoms with van der Waals surface area (Å²) in [7, 11) is 0. The maximum atomic E-state index is 13.9. The number of hydrogen-bond donors (Lipinski definition) is 2. The lowest BCUT2D eigenvalue weighted by molar-refractivity contribution is -0.146. The maximum absolute atomic E-state index is 13.9. The zero-order chi connectivity index (χ0) is 23.2. The lowest BCUT2D eigenvalue weighted by Crippen LogP contribution is -2.64. The molecule has 3 N–H and O–H groups in total. The number of carbonyl (C=O) groups excluding carboxylic acids is 3. The highest BCUT2D eigenvalue weighted by atomic mass is 79.9. The van der Waals surface area contributed by atoms with Gasteiger partial charge in [0.1, 0.15) is 5.41 Å². The smallest absolute Gasteiger partial charge is 0.238 e. The number of primary amides is 1. The van der Waals surface area contributed by atoms with E-state index in [4.69, 9.17) is 17.3 Å². The number of nitrogens with one attached hydrogen (secondary N) is 1. The van der Waals surface area contributed by atoms with Gasteiger partial charge in [-0.25, -0.2) is 0 Å². The van der Waals surface area contributed by atoms with Gasteiger partial charge >= 0.3 is 0 Å². The summed E-state index contributed by atoms with van der Waals surface area (Å²) < 4.78 is 0.819. The van der Waals surface area contributed by atoms with E-state index in [1.807, 2.05) is 37.3 Å². The Hall–Kier alpha value is -2.64. The Labute approximate surface area is 199 Å². The van der Waals surface area contributed by atoms with Crippen LogP contribution in [0.1, 0.15) is 36.8 Å². The Morgan fingerprint density at radius 2 is 2.06 bits per heavy atom. The molecule has 0 saturated carbocycles. The molecule has 1 saturated heterocycles. The van der Waals surface area contributed by atoms with Gasteiger partial charge in [-0.3, -0.25) is 14.4 Å². The van der Waals surface area contributed by atoms with Crippen LogP contribution in [0.25, 0.3) is 0 Å². The average molecular weight is 517 g/mol. The van der Waals surface area contributed by atoms with Gasteiger partial charge in [-0.2, -0.15) is 0 Å². The molecule has 0 bridgehead atoms. The predicted molar refractivity (Wildman–Crippen MR) is 127 cm³/mol. The lowest BCUT2D eigenvalue weighted by atomic mass is 9.58. The van der Waals surface area contributed by atoms with Crippen molar-refractivity contribution in [1.82, 2.24) is 4.90 Å². The van der Waals surface area contributed by atoms with E-state index in [-0.39, 0.29) is 24.8 Å². The monoisotopic (exact) mass is 515 g/mol. The number of piperidine rings is 1. The van der Waals surface area contributed by atoms with Gasteiger partial charge in [-0.05, 0) is 41.8 Å². The number of fused-ring (bicyclic) bond motifs is 2. The first-order chi connectivity index (χ1) is 15.2. The van der Waals surface area contributed by atoms with E-state index in [1.165, 1.54) is 4.90 Å². The average Bonchev–Trinajstić information content (AvgIpc) is 3.01. The van der Waals surface area contributed by atoms with E-state index in [1.54, 1.807) is 12.1 Å². The summed E-state index contributed by atoms with van der Waals surface area (Å²) in [4.78, 5) is 40.6. The molecule has 1 spiro atoms. The summed E-state index contributed by atoms with van der Waals surface area (Å²) in [5.74, 6) is -1.64. The molecule has 0 aliphatic carbocycles. The van der Waals surface area contributed by atoms with Crippen LogP contribution in [0.15, 0.2) is 59.1 Å². The van der Waals surface area contributed by atoms with E-state index in [0.717, 1.165) is 15.6 Å². The molecule has 166 valence electrons. The van der Waals surface area contributed by atoms with Crippen LogP contribution in [0.3, 0.4) is 0 Å². The van der Waals surface area contributed by atoms with Gasteiger partial charge in [0, 0.05) is 27.5 Å². The number of hydrogen-bond acceptors (Lipinski definition) is 3. The van der Waals surface area contributed by atoms with Crippen molar-refractivity contribution in [1.29, 1.82) is 0 Å². The van der Waals surface area contributed by atoms with Crippen LogP contribution in [0.5, 0.6) is 0 Å². The van der Waals surface area contributed by atoms with Crippen LogP contribution in [0.4, 0.5) is 5.69 Å². The number of amides is 3. The minimum absolute atomic E-state index is 0.0318. The molecule has 0 aromatic heterocycles. The number of anilines is 1. The highest BCUT2D eigenvalue weighted by Gasteiger charge is 2.63. The molecule has 3 atom stereocenters. The van der Waals surface area contributed by atoms with Crippen molar-refractivity contribution in [2.45, 2.75) is 37.1 Å². The van der Waals surface area contributed by atoms with Crippen LogP contribution < -0.4 is 11.1 Å². The number of nitrogens with two attached hydrogens (primary N) is 1. The Morgan fingerprint density at radius 3 is 2.72 bits per heavy atom. The first kappa shape index (κ1) is 22.6. The fraction of sp³-hybridized carbons (Fsp3) is 0.292. The second kappa shape index (κ2) is 8.37. The van der Waals surface area contributed by atoms with E-state index < -0.39 is 23.3 Å². The van der Waals surface area contributed by atoms with E-state index in [9.17, 15) is 14.4 Å². The van der Waals surface area contributed by atoms with Gasteiger partial charge in [0.05, 0.1) is 12.6 Å². The SMILES string of the molecule is C=C(CC)[C@H]1N(CC(N)=O)C(=O)C[C@@H](c2cccc(Cl)c2)[C@]12C(=O)Nc1cc(Br)ccc12. The second-order valence-corrected chi connectivity index (χ2v) is 9.58. The van der Waals surface area contributed by atoms with Gasteiger partial charge in [0.25, 0.3) is 0 Å². The normalized spacial score (nSPS) is 24.4. The molecule has 2 aliphatic heterocycles. The minimum Gasteiger partial charge on any atom is -0.368 e. The molecule has 2 aliphatic rings. The van der Waals surface area contributed by atoms with E-state index in [0.29, 0.717) is 22.7 Å². The van der Waals surface area contributed by atoms with Crippen molar-refractivity contribution in [3.05, 3.63) is 75.2 Å². The summed E-state index contributed by atoms with van der Waals surface area (Å²) in [5, 5.41) is 3.53. The summed E-state index contributed by atoms with van der Waals surface area (Å²) >= 11 is 9.76. The van der Waals surface area contributed by atoms with Crippen molar-refractivity contribution in [2.24, 2.45) is 5.73 Å². The molecule has 2 aromatic rings. The topological polar surface area (TPSA) is 92.5 Å². The third kappa shape index (κ3) is 3.44.